The molecule has 12 heavy (non-hydrogen) atoms. The highest BCUT2D eigenvalue weighted by molar-refractivity contribution is 7.11. The van der Waals surface area contributed by atoms with Gasteiger partial charge in [0.1, 0.15) is 0 Å². The molecule has 0 bridgehead atoms. The van der Waals surface area contributed by atoms with E-state index in [0.717, 1.165) is 15.6 Å². The van der Waals surface area contributed by atoms with E-state index in [1.165, 1.54) is 0 Å². The monoisotopic (exact) mass is 182 g/mol. The maximum Gasteiger partial charge on any atom is 0.0900 e. The molecule has 0 aromatic carbocycles. The molecule has 64 valence electrons. The second-order valence-electron chi connectivity index (χ2n) is 2.56. The lowest BCUT2D eigenvalue weighted by atomic mass is 10.2. The molecule has 0 aliphatic heterocycles. The highest BCUT2D eigenvalue weighted by Crippen LogP contribution is 2.26. The number of azide groups is 1. The molecule has 0 aliphatic rings. The van der Waals surface area contributed by atoms with Crippen LogP contribution in [0, 0.1) is 13.8 Å². The average molecular weight is 182 g/mol. The molecule has 0 unspecified atom stereocenters. The Morgan fingerprint density at radius 1 is 1.58 bits per heavy atom. The number of aryl methyl sites for hydroxylation is 2. The lowest BCUT2D eigenvalue weighted by Crippen LogP contribution is -1.86. The van der Waals surface area contributed by atoms with Crippen LogP contribution in [0.2, 0.25) is 0 Å². The van der Waals surface area contributed by atoms with E-state index < -0.39 is 0 Å². The van der Waals surface area contributed by atoms with Crippen molar-refractivity contribution in [2.75, 3.05) is 0 Å². The summed E-state index contributed by atoms with van der Waals surface area (Å²) in [5.41, 5.74) is 9.21. The zero-order chi connectivity index (χ0) is 9.14. The predicted molar refractivity (Wildman–Crippen MR) is 49.1 cm³/mol. The van der Waals surface area contributed by atoms with Crippen molar-refractivity contribution in [2.24, 2.45) is 5.11 Å². The van der Waals surface area contributed by atoms with Gasteiger partial charge in [-0.15, -0.1) is 11.3 Å². The van der Waals surface area contributed by atoms with Gasteiger partial charge in [-0.3, -0.25) is 0 Å². The first kappa shape index (κ1) is 9.03. The van der Waals surface area contributed by atoms with E-state index in [4.69, 9.17) is 5.53 Å². The van der Waals surface area contributed by atoms with Crippen molar-refractivity contribution in [3.05, 3.63) is 26.0 Å². The Morgan fingerprint density at radius 2 is 2.25 bits per heavy atom. The maximum atomic E-state index is 8.24. The molecule has 1 atom stereocenters. The number of thiazole rings is 1. The Morgan fingerprint density at radius 3 is 2.67 bits per heavy atom. The minimum Gasteiger partial charge on any atom is -0.247 e. The Labute approximate surface area is 74.9 Å². The van der Waals surface area contributed by atoms with Gasteiger partial charge >= 0.3 is 0 Å². The molecule has 0 radical (unpaired) electrons. The largest absolute Gasteiger partial charge is 0.247 e. The van der Waals surface area contributed by atoms with Crippen LogP contribution in [0.1, 0.15) is 28.5 Å². The second-order valence-corrected chi connectivity index (χ2v) is 3.80. The van der Waals surface area contributed by atoms with Crippen molar-refractivity contribution in [2.45, 2.75) is 26.8 Å². The molecule has 0 aliphatic carbocycles. The molecule has 0 saturated carbocycles. The summed E-state index contributed by atoms with van der Waals surface area (Å²) < 4.78 is 0. The molecule has 5 heteroatoms. The normalized spacial score (nSPS) is 12.2. The van der Waals surface area contributed by atoms with E-state index in [0.29, 0.717) is 0 Å². The van der Waals surface area contributed by atoms with Crippen molar-refractivity contribution < 1.29 is 0 Å². The molecular formula is C7H10N4S. The van der Waals surface area contributed by atoms with E-state index in [1.54, 1.807) is 11.3 Å². The lowest BCUT2D eigenvalue weighted by molar-refractivity contribution is 0.814. The van der Waals surface area contributed by atoms with Crippen LogP contribution in [-0.2, 0) is 0 Å². The minimum absolute atomic E-state index is 0.0961. The van der Waals surface area contributed by atoms with Gasteiger partial charge in [0, 0.05) is 9.79 Å². The highest BCUT2D eigenvalue weighted by atomic mass is 32.1. The fourth-order valence-electron chi connectivity index (χ4n) is 1.06. The van der Waals surface area contributed by atoms with Gasteiger partial charge in [-0.25, -0.2) is 4.98 Å². The summed E-state index contributed by atoms with van der Waals surface area (Å²) in [6.45, 7) is 5.76. The predicted octanol–water partition coefficient (Wildman–Crippen LogP) is 3.13. The zero-order valence-electron chi connectivity index (χ0n) is 7.27. The summed E-state index contributed by atoms with van der Waals surface area (Å²) in [4.78, 5) is 8.08. The van der Waals surface area contributed by atoms with E-state index >= 15 is 0 Å². The Kier molecular flexibility index (Phi) is 2.68. The van der Waals surface area contributed by atoms with Gasteiger partial charge < -0.3 is 0 Å². The van der Waals surface area contributed by atoms with Gasteiger partial charge in [0.2, 0.25) is 0 Å². The summed E-state index contributed by atoms with van der Waals surface area (Å²) in [5, 5.41) is 4.64. The minimum atomic E-state index is -0.0961. The third kappa shape index (κ3) is 1.75. The molecule has 0 spiro atoms. The van der Waals surface area contributed by atoms with E-state index in [1.807, 2.05) is 20.8 Å². The van der Waals surface area contributed by atoms with Crippen molar-refractivity contribution >= 4 is 11.3 Å². The number of nitrogens with zero attached hydrogens (tertiary/aromatic N) is 4. The molecule has 1 rings (SSSR count). The number of hydrogen-bond donors (Lipinski definition) is 0. The van der Waals surface area contributed by atoms with Gasteiger partial charge in [0.05, 0.1) is 16.7 Å². The molecule has 4 nitrogen and oxygen atoms in total. The number of hydrogen-bond acceptors (Lipinski definition) is 3. The van der Waals surface area contributed by atoms with Gasteiger partial charge in [-0.2, -0.15) is 0 Å². The Bertz CT molecular complexity index is 324. The van der Waals surface area contributed by atoms with Gasteiger partial charge in [-0.1, -0.05) is 12.0 Å². The van der Waals surface area contributed by atoms with Crippen LogP contribution in [0.3, 0.4) is 0 Å². The molecule has 0 saturated heterocycles. The number of aromatic nitrogens is 1. The summed E-state index contributed by atoms with van der Waals surface area (Å²) in [6.07, 6.45) is 0. The van der Waals surface area contributed by atoms with Crippen LogP contribution in [0.25, 0.3) is 10.4 Å². The maximum absolute atomic E-state index is 8.24. The van der Waals surface area contributed by atoms with Gasteiger partial charge in [0.25, 0.3) is 0 Å². The van der Waals surface area contributed by atoms with Crippen LogP contribution < -0.4 is 0 Å². The average Bonchev–Trinajstić information content (AvgIpc) is 2.30. The highest BCUT2D eigenvalue weighted by Gasteiger charge is 2.10. The summed E-state index contributed by atoms with van der Waals surface area (Å²) in [5.74, 6) is 0. The standard InChI is InChI=1S/C7H10N4S/c1-4-7(5(2)10-11-8)12-6(3)9-4/h5H,1-3H3/t5-/m0/s1. The van der Waals surface area contributed by atoms with E-state index in [2.05, 4.69) is 15.0 Å². The first-order valence-electron chi connectivity index (χ1n) is 3.63. The molecule has 1 heterocycles. The van der Waals surface area contributed by atoms with Crippen molar-refractivity contribution in [3.8, 4) is 0 Å². The van der Waals surface area contributed by atoms with E-state index in [-0.39, 0.29) is 6.04 Å². The van der Waals surface area contributed by atoms with Crippen LogP contribution >= 0.6 is 11.3 Å². The van der Waals surface area contributed by atoms with Gasteiger partial charge in [0.15, 0.2) is 0 Å². The van der Waals surface area contributed by atoms with Crippen molar-refractivity contribution in [1.29, 1.82) is 0 Å². The first-order chi connectivity index (χ1) is 5.65. The van der Waals surface area contributed by atoms with Crippen molar-refractivity contribution in [3.63, 3.8) is 0 Å². The lowest BCUT2D eigenvalue weighted by Gasteiger charge is -1.99. The van der Waals surface area contributed by atoms with Crippen LogP contribution in [0.15, 0.2) is 5.11 Å². The van der Waals surface area contributed by atoms with Crippen LogP contribution in [-0.4, -0.2) is 4.98 Å². The molecule has 0 amide bonds. The smallest absolute Gasteiger partial charge is 0.0900 e. The fraction of sp³-hybridized carbons (Fsp3) is 0.571. The third-order valence-electron chi connectivity index (χ3n) is 1.54. The Hall–Kier alpha value is -1.06. The van der Waals surface area contributed by atoms with Crippen molar-refractivity contribution in [1.82, 2.24) is 4.98 Å². The summed E-state index contributed by atoms with van der Waals surface area (Å²) in [6, 6.07) is -0.0961. The molecule has 1 aromatic heterocycles. The molecule has 1 aromatic rings. The van der Waals surface area contributed by atoms with Crippen LogP contribution in [0.4, 0.5) is 0 Å². The second kappa shape index (κ2) is 3.56. The topological polar surface area (TPSA) is 61.7 Å². The molecule has 0 N–H and O–H groups in total. The van der Waals surface area contributed by atoms with Crippen LogP contribution in [0.5, 0.6) is 0 Å². The third-order valence-corrected chi connectivity index (χ3v) is 2.79. The zero-order valence-corrected chi connectivity index (χ0v) is 8.09. The number of rotatable bonds is 2. The SMILES string of the molecule is Cc1nc(C)c([C@H](C)N=[N+]=[N-])s1. The molecular weight excluding hydrogens is 172 g/mol. The first-order valence-corrected chi connectivity index (χ1v) is 4.45. The summed E-state index contributed by atoms with van der Waals surface area (Å²) in [7, 11) is 0. The fourth-order valence-corrected chi connectivity index (χ4v) is 1.98. The van der Waals surface area contributed by atoms with E-state index in [9.17, 15) is 0 Å². The van der Waals surface area contributed by atoms with Gasteiger partial charge in [-0.05, 0) is 19.4 Å². The quantitative estimate of drug-likeness (QED) is 0.393. The Balaban J connectivity index is 3.01. The molecule has 0 fully saturated rings. The summed E-state index contributed by atoms with van der Waals surface area (Å²) >= 11 is 1.59.